The summed E-state index contributed by atoms with van der Waals surface area (Å²) in [6, 6.07) is 0. The van der Waals surface area contributed by atoms with Gasteiger partial charge in [-0.1, -0.05) is 6.92 Å². The molecule has 1 aliphatic rings. The maximum absolute atomic E-state index is 2.59. The molecular weight excluding hydrogens is 184 g/mol. The van der Waals surface area contributed by atoms with E-state index in [0.717, 1.165) is 0 Å². The number of hydrogen-bond acceptors (Lipinski definition) is 2. The monoisotopic (exact) mass is 212 g/mol. The largest absolute Gasteiger partial charge is 0.236 e. The van der Waals surface area contributed by atoms with Gasteiger partial charge in [0.25, 0.3) is 0 Å². The number of nitrogens with zero attached hydrogens (tertiary/aromatic N) is 2. The third kappa shape index (κ3) is 2.94. The summed E-state index contributed by atoms with van der Waals surface area (Å²) in [5, 5.41) is 5.16. The Morgan fingerprint density at radius 3 is 1.73 bits per heavy atom. The van der Waals surface area contributed by atoms with E-state index in [1.54, 1.807) is 0 Å². The average molecular weight is 212 g/mol. The highest BCUT2D eigenvalue weighted by Crippen LogP contribution is 2.29. The molecule has 0 radical (unpaired) electrons. The van der Waals surface area contributed by atoms with Crippen LogP contribution in [0, 0.1) is 0 Å². The van der Waals surface area contributed by atoms with Gasteiger partial charge in [0.15, 0.2) is 0 Å². The van der Waals surface area contributed by atoms with Crippen LogP contribution in [0.25, 0.3) is 0 Å². The lowest BCUT2D eigenvalue weighted by atomic mass is 9.97. The quantitative estimate of drug-likeness (QED) is 0.693. The molecule has 90 valence electrons. The van der Waals surface area contributed by atoms with E-state index in [0.29, 0.717) is 5.54 Å². The molecule has 0 saturated carbocycles. The molecule has 0 N–H and O–H groups in total. The molecule has 1 aliphatic heterocycles. The molecule has 0 spiro atoms. The Morgan fingerprint density at radius 2 is 1.33 bits per heavy atom. The Hall–Kier alpha value is -0.0800. The average Bonchev–Trinajstić information content (AvgIpc) is 2.16. The molecule has 15 heavy (non-hydrogen) atoms. The topological polar surface area (TPSA) is 6.48 Å². The normalized spacial score (nSPS) is 22.0. The smallest absolute Gasteiger partial charge is 0.0298 e. The summed E-state index contributed by atoms with van der Waals surface area (Å²) < 4.78 is 0. The van der Waals surface area contributed by atoms with Gasteiger partial charge < -0.3 is 0 Å². The van der Waals surface area contributed by atoms with E-state index in [2.05, 4.69) is 51.6 Å². The molecular formula is C13H28N2. The first-order valence-corrected chi connectivity index (χ1v) is 6.34. The van der Waals surface area contributed by atoms with Crippen LogP contribution >= 0.6 is 0 Å². The van der Waals surface area contributed by atoms with Crippen LogP contribution < -0.4 is 0 Å². The summed E-state index contributed by atoms with van der Waals surface area (Å²) in [7, 11) is 0. The van der Waals surface area contributed by atoms with Gasteiger partial charge in [-0.2, -0.15) is 0 Å². The molecule has 0 amide bonds. The van der Waals surface area contributed by atoms with Crippen LogP contribution in [0.15, 0.2) is 0 Å². The summed E-state index contributed by atoms with van der Waals surface area (Å²) >= 11 is 0. The van der Waals surface area contributed by atoms with Crippen molar-refractivity contribution in [2.45, 2.75) is 71.9 Å². The lowest BCUT2D eigenvalue weighted by Gasteiger charge is -2.53. The maximum atomic E-state index is 2.59. The van der Waals surface area contributed by atoms with Gasteiger partial charge in [0.1, 0.15) is 0 Å². The van der Waals surface area contributed by atoms with E-state index in [-0.39, 0.29) is 5.54 Å². The molecule has 1 saturated heterocycles. The molecule has 0 atom stereocenters. The zero-order chi connectivity index (χ0) is 11.7. The molecule has 2 heteroatoms. The second kappa shape index (κ2) is 4.42. The van der Waals surface area contributed by atoms with Gasteiger partial charge in [0.2, 0.25) is 0 Å². The van der Waals surface area contributed by atoms with E-state index >= 15 is 0 Å². The minimum absolute atomic E-state index is 0.257. The first-order valence-electron chi connectivity index (χ1n) is 6.34. The van der Waals surface area contributed by atoms with Crippen LogP contribution in [0.4, 0.5) is 0 Å². The van der Waals surface area contributed by atoms with Gasteiger partial charge in [0, 0.05) is 24.2 Å². The van der Waals surface area contributed by atoms with Gasteiger partial charge in [-0.05, 0) is 53.9 Å². The van der Waals surface area contributed by atoms with E-state index in [4.69, 9.17) is 0 Å². The second-order valence-corrected chi connectivity index (χ2v) is 6.29. The van der Waals surface area contributed by atoms with Crippen molar-refractivity contribution in [2.24, 2.45) is 0 Å². The highest BCUT2D eigenvalue weighted by molar-refractivity contribution is 4.86. The van der Waals surface area contributed by atoms with Crippen molar-refractivity contribution in [3.8, 4) is 0 Å². The second-order valence-electron chi connectivity index (χ2n) is 6.29. The van der Waals surface area contributed by atoms with Gasteiger partial charge in [-0.15, -0.1) is 0 Å². The Bertz CT molecular complexity index is 203. The summed E-state index contributed by atoms with van der Waals surface area (Å²) in [6.45, 7) is 16.4. The van der Waals surface area contributed by atoms with Crippen LogP contribution in [0.2, 0.25) is 0 Å². The van der Waals surface area contributed by atoms with Crippen molar-refractivity contribution in [1.82, 2.24) is 10.0 Å². The minimum atomic E-state index is 0.257. The van der Waals surface area contributed by atoms with E-state index in [9.17, 15) is 0 Å². The van der Waals surface area contributed by atoms with E-state index < -0.39 is 0 Å². The Kier molecular flexibility index (Phi) is 3.83. The molecule has 2 nitrogen and oxygen atoms in total. The molecule has 0 bridgehead atoms. The zero-order valence-electron chi connectivity index (χ0n) is 11.4. The number of hydrogen-bond donors (Lipinski definition) is 0. The van der Waals surface area contributed by atoms with Gasteiger partial charge in [-0.25, -0.2) is 10.0 Å². The molecule has 1 fully saturated rings. The van der Waals surface area contributed by atoms with Crippen LogP contribution in [-0.4, -0.2) is 34.2 Å². The van der Waals surface area contributed by atoms with Crippen molar-refractivity contribution in [3.63, 3.8) is 0 Å². The third-order valence-electron chi connectivity index (χ3n) is 3.62. The molecule has 0 aliphatic carbocycles. The standard InChI is InChI=1S/C13H28N2/c1-7-13(5,6)15-11-9-8-10-14(15)12(2,3)4/h7-11H2,1-6H3. The number of rotatable bonds is 2. The Morgan fingerprint density at radius 1 is 0.867 bits per heavy atom. The van der Waals surface area contributed by atoms with Gasteiger partial charge in [-0.3, -0.25) is 0 Å². The van der Waals surface area contributed by atoms with E-state index in [1.807, 2.05) is 0 Å². The van der Waals surface area contributed by atoms with Crippen molar-refractivity contribution in [2.75, 3.05) is 13.1 Å². The summed E-state index contributed by atoms with van der Waals surface area (Å²) in [4.78, 5) is 0. The minimum Gasteiger partial charge on any atom is -0.236 e. The summed E-state index contributed by atoms with van der Waals surface area (Å²) in [5.41, 5.74) is 0.556. The predicted octanol–water partition coefficient (Wildman–Crippen LogP) is 3.29. The maximum Gasteiger partial charge on any atom is 0.0298 e. The zero-order valence-corrected chi connectivity index (χ0v) is 11.4. The van der Waals surface area contributed by atoms with Crippen molar-refractivity contribution in [1.29, 1.82) is 0 Å². The molecule has 0 aromatic rings. The summed E-state index contributed by atoms with van der Waals surface area (Å²) in [6.07, 6.45) is 3.89. The fraction of sp³-hybridized carbons (Fsp3) is 1.00. The lowest BCUT2D eigenvalue weighted by molar-refractivity contribution is -0.165. The fourth-order valence-corrected chi connectivity index (χ4v) is 2.27. The van der Waals surface area contributed by atoms with Crippen LogP contribution in [0.5, 0.6) is 0 Å². The van der Waals surface area contributed by atoms with Gasteiger partial charge in [0.05, 0.1) is 0 Å². The Balaban J connectivity index is 2.83. The number of hydrazine groups is 1. The summed E-state index contributed by atoms with van der Waals surface area (Å²) in [5.74, 6) is 0. The predicted molar refractivity (Wildman–Crippen MR) is 66.8 cm³/mol. The molecule has 1 rings (SSSR count). The first kappa shape index (κ1) is 13.0. The van der Waals surface area contributed by atoms with Crippen molar-refractivity contribution >= 4 is 0 Å². The van der Waals surface area contributed by atoms with Crippen LogP contribution in [0.1, 0.15) is 60.8 Å². The highest BCUT2D eigenvalue weighted by Gasteiger charge is 2.36. The molecule has 0 unspecified atom stereocenters. The highest BCUT2D eigenvalue weighted by atomic mass is 15.7. The molecule has 0 aromatic heterocycles. The molecule has 1 heterocycles. The van der Waals surface area contributed by atoms with Crippen LogP contribution in [-0.2, 0) is 0 Å². The van der Waals surface area contributed by atoms with Crippen LogP contribution in [0.3, 0.4) is 0 Å². The SMILES string of the molecule is CCC(C)(C)N1CCCCN1C(C)(C)C. The Labute approximate surface area is 95.6 Å². The lowest BCUT2D eigenvalue weighted by Crippen LogP contribution is -2.62. The van der Waals surface area contributed by atoms with Crippen molar-refractivity contribution < 1.29 is 0 Å². The third-order valence-corrected chi connectivity index (χ3v) is 3.62. The van der Waals surface area contributed by atoms with E-state index in [1.165, 1.54) is 32.4 Å². The first-order chi connectivity index (χ1) is 6.79. The van der Waals surface area contributed by atoms with Gasteiger partial charge >= 0.3 is 0 Å². The van der Waals surface area contributed by atoms with Crippen molar-refractivity contribution in [3.05, 3.63) is 0 Å². The fourth-order valence-electron chi connectivity index (χ4n) is 2.27. The molecule has 0 aromatic carbocycles.